The molecule has 4 heteroatoms. The third-order valence-corrected chi connectivity index (χ3v) is 7.00. The van der Waals surface area contributed by atoms with Crippen molar-refractivity contribution >= 4 is 17.7 Å². The highest BCUT2D eigenvalue weighted by Gasteiger charge is 2.30. The minimum Gasteiger partial charge on any atom is -0.339 e. The number of thioether (sulfide) groups is 1. The van der Waals surface area contributed by atoms with E-state index in [1.807, 2.05) is 11.8 Å². The minimum absolute atomic E-state index is 0.0756. The molecule has 1 heterocycles. The summed E-state index contributed by atoms with van der Waals surface area (Å²) in [5, 5.41) is -0.0756. The lowest BCUT2D eigenvalue weighted by atomic mass is 9.96. The van der Waals surface area contributed by atoms with Gasteiger partial charge in [-0.25, -0.2) is 0 Å². The summed E-state index contributed by atoms with van der Waals surface area (Å²) in [6.45, 7) is 7.41. The summed E-state index contributed by atoms with van der Waals surface area (Å²) in [5.41, 5.74) is 3.85. The molecule has 0 bridgehead atoms. The second-order valence-corrected chi connectivity index (χ2v) is 9.57. The van der Waals surface area contributed by atoms with Crippen LogP contribution >= 0.6 is 11.8 Å². The molecule has 0 saturated carbocycles. The maximum absolute atomic E-state index is 13.1. The fourth-order valence-electron chi connectivity index (χ4n) is 4.21. The fraction of sp³-hybridized carbons (Fsp3) is 0.296. The van der Waals surface area contributed by atoms with E-state index in [9.17, 15) is 4.79 Å². The molecule has 1 unspecified atom stereocenters. The van der Waals surface area contributed by atoms with Gasteiger partial charge in [0.1, 0.15) is 0 Å². The summed E-state index contributed by atoms with van der Waals surface area (Å²) < 4.78 is 0. The lowest BCUT2D eigenvalue weighted by Gasteiger charge is -2.40. The molecule has 160 valence electrons. The van der Waals surface area contributed by atoms with Gasteiger partial charge in [0.05, 0.1) is 11.3 Å². The smallest absolute Gasteiger partial charge is 0.235 e. The van der Waals surface area contributed by atoms with Crippen molar-refractivity contribution in [2.75, 3.05) is 26.2 Å². The summed E-state index contributed by atoms with van der Waals surface area (Å²) in [6.07, 6.45) is 0. The zero-order valence-electron chi connectivity index (χ0n) is 18.3. The maximum atomic E-state index is 13.1. The first-order valence-corrected chi connectivity index (χ1v) is 11.9. The first kappa shape index (κ1) is 21.7. The van der Waals surface area contributed by atoms with Crippen LogP contribution in [0.25, 0.3) is 0 Å². The summed E-state index contributed by atoms with van der Waals surface area (Å²) in [5.74, 6) is 0.237. The number of benzene rings is 3. The number of carbonyl (C=O) groups excluding carboxylic acids is 1. The van der Waals surface area contributed by atoms with E-state index in [-0.39, 0.29) is 17.2 Å². The lowest BCUT2D eigenvalue weighted by Crippen LogP contribution is -2.51. The van der Waals surface area contributed by atoms with Crippen LogP contribution < -0.4 is 0 Å². The van der Waals surface area contributed by atoms with Gasteiger partial charge < -0.3 is 4.90 Å². The number of piperazine rings is 1. The maximum Gasteiger partial charge on any atom is 0.235 e. The number of amides is 1. The molecule has 31 heavy (non-hydrogen) atoms. The summed E-state index contributed by atoms with van der Waals surface area (Å²) >= 11 is 1.65. The number of rotatable bonds is 6. The Kier molecular flexibility index (Phi) is 7.10. The number of hydrogen-bond donors (Lipinski definition) is 0. The van der Waals surface area contributed by atoms with Gasteiger partial charge in [0.25, 0.3) is 0 Å². The van der Waals surface area contributed by atoms with Gasteiger partial charge >= 0.3 is 0 Å². The molecule has 1 saturated heterocycles. The summed E-state index contributed by atoms with van der Waals surface area (Å²) in [7, 11) is 0. The van der Waals surface area contributed by atoms with Gasteiger partial charge in [0.15, 0.2) is 0 Å². The Labute approximate surface area is 190 Å². The Morgan fingerprint density at radius 3 is 1.81 bits per heavy atom. The third-order valence-electron chi connectivity index (χ3n) is 5.90. The van der Waals surface area contributed by atoms with Gasteiger partial charge in [-0.1, -0.05) is 78.4 Å². The predicted molar refractivity (Wildman–Crippen MR) is 129 cm³/mol. The Balaban J connectivity index is 1.41. The van der Waals surface area contributed by atoms with Crippen LogP contribution in [0.3, 0.4) is 0 Å². The SMILES string of the molecule is Cc1ccc(SC(C)C(=O)N2CCN(C(c3ccccc3)c3ccccc3)CC2)cc1. The molecule has 1 aliphatic rings. The predicted octanol–water partition coefficient (Wildman–Crippen LogP) is 5.41. The van der Waals surface area contributed by atoms with Gasteiger partial charge in [-0.2, -0.15) is 0 Å². The number of carbonyl (C=O) groups is 1. The van der Waals surface area contributed by atoms with Crippen LogP contribution in [0.15, 0.2) is 89.8 Å². The van der Waals surface area contributed by atoms with Crippen molar-refractivity contribution in [2.24, 2.45) is 0 Å². The topological polar surface area (TPSA) is 23.6 Å². The first-order valence-electron chi connectivity index (χ1n) is 11.0. The minimum atomic E-state index is -0.0756. The van der Waals surface area contributed by atoms with E-state index in [2.05, 4.69) is 96.8 Å². The van der Waals surface area contributed by atoms with Gasteiger partial charge in [0, 0.05) is 31.1 Å². The van der Waals surface area contributed by atoms with Crippen LogP contribution in [0.2, 0.25) is 0 Å². The average molecular weight is 431 g/mol. The zero-order chi connectivity index (χ0) is 21.6. The van der Waals surface area contributed by atoms with Gasteiger partial charge in [-0.05, 0) is 37.1 Å². The monoisotopic (exact) mass is 430 g/mol. The van der Waals surface area contributed by atoms with Crippen molar-refractivity contribution in [3.63, 3.8) is 0 Å². The number of aryl methyl sites for hydroxylation is 1. The number of hydrogen-bond acceptors (Lipinski definition) is 3. The quantitative estimate of drug-likeness (QED) is 0.489. The Hall–Kier alpha value is -2.56. The van der Waals surface area contributed by atoms with E-state index >= 15 is 0 Å². The molecule has 0 aliphatic carbocycles. The highest BCUT2D eigenvalue weighted by molar-refractivity contribution is 8.00. The number of nitrogens with zero attached hydrogens (tertiary/aromatic N) is 2. The molecular formula is C27H30N2OS. The molecule has 0 N–H and O–H groups in total. The van der Waals surface area contributed by atoms with Crippen LogP contribution in [0.5, 0.6) is 0 Å². The standard InChI is InChI=1S/C27H30N2OS/c1-21-13-15-25(16-14-21)31-22(2)27(30)29-19-17-28(18-20-29)26(23-9-5-3-6-10-23)24-11-7-4-8-12-24/h3-16,22,26H,17-20H2,1-2H3. The summed E-state index contributed by atoms with van der Waals surface area (Å²) in [4.78, 5) is 18.8. The van der Waals surface area contributed by atoms with Crippen LogP contribution in [0.1, 0.15) is 29.7 Å². The second-order valence-electron chi connectivity index (χ2n) is 8.16. The molecule has 1 atom stereocenters. The lowest BCUT2D eigenvalue weighted by molar-refractivity contribution is -0.132. The fourth-order valence-corrected chi connectivity index (χ4v) is 5.17. The van der Waals surface area contributed by atoms with Crippen molar-refractivity contribution in [3.05, 3.63) is 102 Å². The molecule has 3 aromatic rings. The van der Waals surface area contributed by atoms with E-state index in [0.717, 1.165) is 31.1 Å². The highest BCUT2D eigenvalue weighted by atomic mass is 32.2. The van der Waals surface area contributed by atoms with Crippen LogP contribution in [0.4, 0.5) is 0 Å². The molecule has 0 aromatic heterocycles. The van der Waals surface area contributed by atoms with Crippen molar-refractivity contribution < 1.29 is 4.79 Å². The molecular weight excluding hydrogens is 400 g/mol. The van der Waals surface area contributed by atoms with Crippen LogP contribution in [-0.2, 0) is 4.79 Å². The largest absolute Gasteiger partial charge is 0.339 e. The van der Waals surface area contributed by atoms with Crippen molar-refractivity contribution in [1.82, 2.24) is 9.80 Å². The first-order chi connectivity index (χ1) is 15.1. The molecule has 3 aromatic carbocycles. The molecule has 3 nitrogen and oxygen atoms in total. The molecule has 0 radical (unpaired) electrons. The normalized spacial score (nSPS) is 15.8. The zero-order valence-corrected chi connectivity index (χ0v) is 19.1. The van der Waals surface area contributed by atoms with E-state index in [1.165, 1.54) is 16.7 Å². The van der Waals surface area contributed by atoms with Crippen molar-refractivity contribution in [3.8, 4) is 0 Å². The molecule has 1 aliphatic heterocycles. The Bertz CT molecular complexity index is 928. The summed E-state index contributed by atoms with van der Waals surface area (Å²) in [6, 6.07) is 30.0. The van der Waals surface area contributed by atoms with E-state index in [1.54, 1.807) is 11.8 Å². The van der Waals surface area contributed by atoms with Gasteiger partial charge in [-0.15, -0.1) is 11.8 Å². The van der Waals surface area contributed by atoms with Crippen molar-refractivity contribution in [2.45, 2.75) is 30.0 Å². The molecule has 4 rings (SSSR count). The highest BCUT2D eigenvalue weighted by Crippen LogP contribution is 2.30. The molecule has 1 amide bonds. The van der Waals surface area contributed by atoms with Crippen LogP contribution in [0, 0.1) is 6.92 Å². The average Bonchev–Trinajstić information content (AvgIpc) is 2.82. The second kappa shape index (κ2) is 10.2. The Morgan fingerprint density at radius 1 is 0.774 bits per heavy atom. The Morgan fingerprint density at radius 2 is 1.29 bits per heavy atom. The van der Waals surface area contributed by atoms with Crippen LogP contribution in [-0.4, -0.2) is 47.1 Å². The molecule has 1 fully saturated rings. The van der Waals surface area contributed by atoms with Crippen molar-refractivity contribution in [1.29, 1.82) is 0 Å². The van der Waals surface area contributed by atoms with Gasteiger partial charge in [-0.3, -0.25) is 9.69 Å². The van der Waals surface area contributed by atoms with E-state index < -0.39 is 0 Å². The van der Waals surface area contributed by atoms with Gasteiger partial charge in [0.2, 0.25) is 5.91 Å². The van der Waals surface area contributed by atoms with E-state index in [0.29, 0.717) is 0 Å². The third kappa shape index (κ3) is 5.38. The molecule has 0 spiro atoms. The van der Waals surface area contributed by atoms with E-state index in [4.69, 9.17) is 0 Å².